The molecule has 0 aliphatic rings. The molecule has 5 heteroatoms. The number of ether oxygens (including phenoxy) is 1. The van der Waals surface area contributed by atoms with Gasteiger partial charge < -0.3 is 15.4 Å². The number of carbonyl (C=O) groups excluding carboxylic acids is 1. The largest absolute Gasteiger partial charge is 0.440 e. The van der Waals surface area contributed by atoms with Crippen molar-refractivity contribution in [3.05, 3.63) is 90.6 Å². The van der Waals surface area contributed by atoms with Crippen LogP contribution in [0.4, 0.5) is 4.79 Å². The first-order chi connectivity index (χ1) is 15.5. The molecule has 0 aliphatic carbocycles. The quantitative estimate of drug-likeness (QED) is 0.389. The summed E-state index contributed by atoms with van der Waals surface area (Å²) in [5.74, 6) is 0.311. The number of nitrogens with zero attached hydrogens (tertiary/aromatic N) is 1. The molecule has 1 heterocycles. The van der Waals surface area contributed by atoms with E-state index in [2.05, 4.69) is 36.0 Å². The second-order valence-corrected chi connectivity index (χ2v) is 8.16. The van der Waals surface area contributed by atoms with Crippen molar-refractivity contribution in [3.63, 3.8) is 0 Å². The standard InChI is InChI=1S/C27H33N3O2/c1-5-19(3)18-29-24(6-2)26(23-16-17-28-25-15-11-10-14-22(23)25)32-27(31)30-20(4)21-12-8-7-9-13-21/h5,7-17,19-20,24,26,29H,1,6,18H2,2-4H3,(H,30,31)/t19-,20-,24+,26-/m0/s1. The molecule has 0 saturated heterocycles. The van der Waals surface area contributed by atoms with Gasteiger partial charge in [-0.05, 0) is 37.0 Å². The molecule has 3 aromatic rings. The van der Waals surface area contributed by atoms with E-state index in [1.165, 1.54) is 0 Å². The maximum Gasteiger partial charge on any atom is 0.408 e. The van der Waals surface area contributed by atoms with Crippen LogP contribution in [0.1, 0.15) is 50.5 Å². The number of alkyl carbamates (subject to hydrolysis) is 1. The minimum Gasteiger partial charge on any atom is -0.440 e. The SMILES string of the molecule is C=C[C@H](C)CN[C@H](CC)[C@@H](OC(=O)N[C@@H](C)c1ccccc1)c1ccnc2ccccc12. The van der Waals surface area contributed by atoms with Gasteiger partial charge in [0.25, 0.3) is 0 Å². The Hall–Kier alpha value is -3.18. The van der Waals surface area contributed by atoms with Crippen LogP contribution in [-0.4, -0.2) is 23.7 Å². The van der Waals surface area contributed by atoms with Crippen LogP contribution in [0.5, 0.6) is 0 Å². The summed E-state index contributed by atoms with van der Waals surface area (Å²) in [5.41, 5.74) is 2.86. The first-order valence-corrected chi connectivity index (χ1v) is 11.2. The van der Waals surface area contributed by atoms with E-state index < -0.39 is 12.2 Å². The lowest BCUT2D eigenvalue weighted by atomic mass is 9.96. The van der Waals surface area contributed by atoms with Crippen LogP contribution in [0, 0.1) is 5.92 Å². The van der Waals surface area contributed by atoms with Gasteiger partial charge in [0, 0.05) is 29.7 Å². The predicted molar refractivity (Wildman–Crippen MR) is 130 cm³/mol. The topological polar surface area (TPSA) is 63.2 Å². The summed E-state index contributed by atoms with van der Waals surface area (Å²) < 4.78 is 6.09. The van der Waals surface area contributed by atoms with E-state index in [0.29, 0.717) is 5.92 Å². The van der Waals surface area contributed by atoms with Gasteiger partial charge in [-0.15, -0.1) is 6.58 Å². The zero-order valence-corrected chi connectivity index (χ0v) is 19.1. The molecule has 1 amide bonds. The van der Waals surface area contributed by atoms with E-state index in [9.17, 15) is 4.79 Å². The number of hydrogen-bond acceptors (Lipinski definition) is 4. The second-order valence-electron chi connectivity index (χ2n) is 8.16. The van der Waals surface area contributed by atoms with Crippen molar-refractivity contribution in [2.75, 3.05) is 6.54 Å². The van der Waals surface area contributed by atoms with E-state index in [1.807, 2.05) is 73.7 Å². The van der Waals surface area contributed by atoms with Gasteiger partial charge in [-0.3, -0.25) is 4.98 Å². The van der Waals surface area contributed by atoms with Gasteiger partial charge >= 0.3 is 6.09 Å². The fraction of sp³-hybridized carbons (Fsp3) is 0.333. The van der Waals surface area contributed by atoms with Crippen LogP contribution in [-0.2, 0) is 4.74 Å². The molecule has 0 saturated carbocycles. The van der Waals surface area contributed by atoms with Gasteiger partial charge in [0.1, 0.15) is 6.10 Å². The van der Waals surface area contributed by atoms with Crippen molar-refractivity contribution < 1.29 is 9.53 Å². The zero-order valence-electron chi connectivity index (χ0n) is 19.1. The number of amides is 1. The van der Waals surface area contributed by atoms with Crippen molar-refractivity contribution in [1.82, 2.24) is 15.6 Å². The number of para-hydroxylation sites is 1. The number of carbonyl (C=O) groups is 1. The third-order valence-corrected chi connectivity index (χ3v) is 5.77. The van der Waals surface area contributed by atoms with Crippen molar-refractivity contribution in [1.29, 1.82) is 0 Å². The molecule has 0 aliphatic heterocycles. The third-order valence-electron chi connectivity index (χ3n) is 5.77. The van der Waals surface area contributed by atoms with Crippen LogP contribution < -0.4 is 10.6 Å². The predicted octanol–water partition coefficient (Wildman–Crippen LogP) is 5.95. The molecule has 0 unspecified atom stereocenters. The first kappa shape index (κ1) is 23.5. The summed E-state index contributed by atoms with van der Waals surface area (Å²) in [6.45, 7) is 10.8. The Labute approximate surface area is 190 Å². The van der Waals surface area contributed by atoms with Crippen LogP contribution in [0.15, 0.2) is 79.5 Å². The van der Waals surface area contributed by atoms with Gasteiger partial charge in [-0.1, -0.05) is 68.5 Å². The lowest BCUT2D eigenvalue weighted by molar-refractivity contribution is 0.0702. The van der Waals surface area contributed by atoms with E-state index >= 15 is 0 Å². The minimum atomic E-state index is -0.465. The Kier molecular flexibility index (Phi) is 8.40. The molecule has 2 aromatic carbocycles. The van der Waals surface area contributed by atoms with Crippen molar-refractivity contribution in [2.45, 2.75) is 45.4 Å². The zero-order chi connectivity index (χ0) is 22.9. The average Bonchev–Trinajstić information content (AvgIpc) is 2.83. The van der Waals surface area contributed by atoms with Crippen LogP contribution in [0.2, 0.25) is 0 Å². The molecule has 0 spiro atoms. The molecule has 3 rings (SSSR count). The fourth-order valence-electron chi connectivity index (χ4n) is 3.77. The van der Waals surface area contributed by atoms with Crippen LogP contribution in [0.25, 0.3) is 10.9 Å². The summed E-state index contributed by atoms with van der Waals surface area (Å²) in [7, 11) is 0. The Balaban J connectivity index is 1.87. The van der Waals surface area contributed by atoms with Gasteiger partial charge in [-0.2, -0.15) is 0 Å². The number of rotatable bonds is 10. The molecule has 0 fully saturated rings. The Morgan fingerprint density at radius 1 is 1.09 bits per heavy atom. The average molecular weight is 432 g/mol. The molecule has 168 valence electrons. The summed E-state index contributed by atoms with van der Waals surface area (Å²) in [4.78, 5) is 17.4. The Bertz CT molecular complexity index is 1020. The van der Waals surface area contributed by atoms with Crippen molar-refractivity contribution in [3.8, 4) is 0 Å². The lowest BCUT2D eigenvalue weighted by Crippen LogP contribution is -2.40. The normalized spacial score (nSPS) is 14.8. The molecule has 1 aromatic heterocycles. The number of hydrogen-bond donors (Lipinski definition) is 2. The first-order valence-electron chi connectivity index (χ1n) is 11.2. The molecule has 4 atom stereocenters. The molecule has 32 heavy (non-hydrogen) atoms. The smallest absolute Gasteiger partial charge is 0.408 e. The van der Waals surface area contributed by atoms with E-state index in [4.69, 9.17) is 4.74 Å². The number of nitrogens with one attached hydrogen (secondary N) is 2. The van der Waals surface area contributed by atoms with Gasteiger partial charge in [0.05, 0.1) is 11.6 Å². The molecular weight excluding hydrogens is 398 g/mol. The number of benzene rings is 2. The lowest BCUT2D eigenvalue weighted by Gasteiger charge is -2.29. The molecule has 0 bridgehead atoms. The van der Waals surface area contributed by atoms with Gasteiger partial charge in [0.2, 0.25) is 0 Å². The monoisotopic (exact) mass is 431 g/mol. The van der Waals surface area contributed by atoms with Crippen LogP contribution >= 0.6 is 0 Å². The summed E-state index contributed by atoms with van der Waals surface area (Å²) >= 11 is 0. The summed E-state index contributed by atoms with van der Waals surface area (Å²) in [6.07, 6.45) is 3.59. The number of fused-ring (bicyclic) bond motifs is 1. The highest BCUT2D eigenvalue weighted by Gasteiger charge is 2.28. The van der Waals surface area contributed by atoms with Gasteiger partial charge in [0.15, 0.2) is 0 Å². The van der Waals surface area contributed by atoms with E-state index in [-0.39, 0.29) is 12.1 Å². The maximum absolute atomic E-state index is 13.0. The molecule has 0 radical (unpaired) electrons. The summed E-state index contributed by atoms with van der Waals surface area (Å²) in [6, 6.07) is 19.5. The Morgan fingerprint density at radius 3 is 2.53 bits per heavy atom. The number of aromatic nitrogens is 1. The van der Waals surface area contributed by atoms with E-state index in [0.717, 1.165) is 35.0 Å². The molecular formula is C27H33N3O2. The second kappa shape index (κ2) is 11.4. The fourth-order valence-corrected chi connectivity index (χ4v) is 3.77. The van der Waals surface area contributed by atoms with Gasteiger partial charge in [-0.25, -0.2) is 4.79 Å². The van der Waals surface area contributed by atoms with Crippen molar-refractivity contribution >= 4 is 17.0 Å². The van der Waals surface area contributed by atoms with Crippen molar-refractivity contribution in [2.24, 2.45) is 5.92 Å². The maximum atomic E-state index is 13.0. The minimum absolute atomic E-state index is 0.0546. The highest BCUT2D eigenvalue weighted by atomic mass is 16.6. The van der Waals surface area contributed by atoms with E-state index in [1.54, 1.807) is 6.20 Å². The molecule has 5 nitrogen and oxygen atoms in total. The molecule has 2 N–H and O–H groups in total. The third kappa shape index (κ3) is 5.95. The number of pyridine rings is 1. The highest BCUT2D eigenvalue weighted by molar-refractivity contribution is 5.82. The highest BCUT2D eigenvalue weighted by Crippen LogP contribution is 2.30. The van der Waals surface area contributed by atoms with Crippen LogP contribution in [0.3, 0.4) is 0 Å². The Morgan fingerprint density at radius 2 is 1.81 bits per heavy atom. The summed E-state index contributed by atoms with van der Waals surface area (Å²) in [5, 5.41) is 7.54.